The number of benzene rings is 1. The van der Waals surface area contributed by atoms with E-state index in [0.717, 1.165) is 5.69 Å². The van der Waals surface area contributed by atoms with Gasteiger partial charge >= 0.3 is 0 Å². The highest BCUT2D eigenvalue weighted by Crippen LogP contribution is 2.17. The number of hydrogen-bond donors (Lipinski definition) is 1. The summed E-state index contributed by atoms with van der Waals surface area (Å²) >= 11 is 0. The van der Waals surface area contributed by atoms with Gasteiger partial charge in [-0.1, -0.05) is 0 Å². The molecule has 0 bridgehead atoms. The zero-order valence-corrected chi connectivity index (χ0v) is 11.7. The maximum Gasteiger partial charge on any atom is 0.276 e. The molecule has 0 spiro atoms. The van der Waals surface area contributed by atoms with E-state index in [0.29, 0.717) is 37.6 Å². The molecule has 1 saturated heterocycles. The minimum absolute atomic E-state index is 0.0972. The number of anilines is 1. The Morgan fingerprint density at radius 3 is 2.38 bits per heavy atom. The number of piperazine rings is 1. The smallest absolute Gasteiger partial charge is 0.276 e. The summed E-state index contributed by atoms with van der Waals surface area (Å²) in [6.45, 7) is 4.42. The largest absolute Gasteiger partial charge is 0.368 e. The SMILES string of the molecule is Cc1n[nH]nc1C(=O)N1CCN(c2ccc(F)cc2)CC1. The van der Waals surface area contributed by atoms with E-state index in [1.165, 1.54) is 12.1 Å². The van der Waals surface area contributed by atoms with Crippen molar-refractivity contribution in [3.63, 3.8) is 0 Å². The van der Waals surface area contributed by atoms with Gasteiger partial charge in [0.1, 0.15) is 5.82 Å². The summed E-state index contributed by atoms with van der Waals surface area (Å²) in [5, 5.41) is 10.2. The molecule has 2 heterocycles. The molecule has 1 aliphatic rings. The molecular formula is C14H16FN5O. The lowest BCUT2D eigenvalue weighted by Crippen LogP contribution is -2.49. The van der Waals surface area contributed by atoms with Crippen LogP contribution in [0.4, 0.5) is 10.1 Å². The third-order valence-electron chi connectivity index (χ3n) is 3.68. The van der Waals surface area contributed by atoms with Crippen LogP contribution in [0.25, 0.3) is 0 Å². The van der Waals surface area contributed by atoms with Crippen molar-refractivity contribution in [2.45, 2.75) is 6.92 Å². The first-order valence-electron chi connectivity index (χ1n) is 6.82. The van der Waals surface area contributed by atoms with Crippen LogP contribution in [0.1, 0.15) is 16.2 Å². The highest BCUT2D eigenvalue weighted by atomic mass is 19.1. The van der Waals surface area contributed by atoms with Gasteiger partial charge in [0.15, 0.2) is 5.69 Å². The van der Waals surface area contributed by atoms with E-state index < -0.39 is 0 Å². The first-order chi connectivity index (χ1) is 10.1. The molecule has 0 unspecified atom stereocenters. The Morgan fingerprint density at radius 1 is 1.14 bits per heavy atom. The number of carbonyl (C=O) groups is 1. The fourth-order valence-electron chi connectivity index (χ4n) is 2.46. The number of aromatic amines is 1. The van der Waals surface area contributed by atoms with E-state index in [-0.39, 0.29) is 11.7 Å². The van der Waals surface area contributed by atoms with Gasteiger partial charge in [-0.25, -0.2) is 4.39 Å². The number of rotatable bonds is 2. The summed E-state index contributed by atoms with van der Waals surface area (Å²) in [5.41, 5.74) is 1.97. The van der Waals surface area contributed by atoms with E-state index in [9.17, 15) is 9.18 Å². The van der Waals surface area contributed by atoms with Gasteiger partial charge in [0, 0.05) is 31.9 Å². The summed E-state index contributed by atoms with van der Waals surface area (Å²) in [5.74, 6) is -0.339. The van der Waals surface area contributed by atoms with Crippen LogP contribution < -0.4 is 4.90 Å². The predicted octanol–water partition coefficient (Wildman–Crippen LogP) is 1.21. The van der Waals surface area contributed by atoms with Crippen LogP contribution >= 0.6 is 0 Å². The molecule has 21 heavy (non-hydrogen) atoms. The van der Waals surface area contributed by atoms with Gasteiger partial charge in [0.05, 0.1) is 5.69 Å². The number of hydrogen-bond acceptors (Lipinski definition) is 4. The van der Waals surface area contributed by atoms with Gasteiger partial charge in [-0.2, -0.15) is 15.4 Å². The Labute approximate surface area is 121 Å². The Morgan fingerprint density at radius 2 is 1.81 bits per heavy atom. The van der Waals surface area contributed by atoms with Crippen LogP contribution in [0.15, 0.2) is 24.3 Å². The Bertz CT molecular complexity index is 631. The van der Waals surface area contributed by atoms with Gasteiger partial charge < -0.3 is 9.80 Å². The Balaban J connectivity index is 1.64. The van der Waals surface area contributed by atoms with Crippen LogP contribution in [-0.2, 0) is 0 Å². The second kappa shape index (κ2) is 5.51. The van der Waals surface area contributed by atoms with E-state index in [4.69, 9.17) is 0 Å². The summed E-state index contributed by atoms with van der Waals surface area (Å²) in [6, 6.07) is 6.42. The number of aryl methyl sites for hydroxylation is 1. The topological polar surface area (TPSA) is 65.1 Å². The lowest BCUT2D eigenvalue weighted by molar-refractivity contribution is 0.0740. The summed E-state index contributed by atoms with van der Waals surface area (Å²) < 4.78 is 12.9. The van der Waals surface area contributed by atoms with Crippen LogP contribution in [0, 0.1) is 12.7 Å². The lowest BCUT2D eigenvalue weighted by atomic mass is 10.2. The number of halogens is 1. The molecule has 0 aliphatic carbocycles. The van der Waals surface area contributed by atoms with Crippen LogP contribution in [-0.4, -0.2) is 52.4 Å². The van der Waals surface area contributed by atoms with E-state index in [1.54, 1.807) is 24.0 Å². The Hall–Kier alpha value is -2.44. The van der Waals surface area contributed by atoms with Crippen molar-refractivity contribution >= 4 is 11.6 Å². The minimum atomic E-state index is -0.242. The number of aromatic nitrogens is 3. The van der Waals surface area contributed by atoms with Crippen LogP contribution in [0.2, 0.25) is 0 Å². The van der Waals surface area contributed by atoms with Gasteiger partial charge in [-0.05, 0) is 31.2 Å². The predicted molar refractivity (Wildman–Crippen MR) is 75.6 cm³/mol. The molecule has 1 amide bonds. The molecular weight excluding hydrogens is 273 g/mol. The quantitative estimate of drug-likeness (QED) is 0.902. The molecule has 3 rings (SSSR count). The van der Waals surface area contributed by atoms with Crippen LogP contribution in [0.3, 0.4) is 0 Å². The first kappa shape index (κ1) is 13.5. The van der Waals surface area contributed by atoms with Crippen molar-refractivity contribution in [2.75, 3.05) is 31.1 Å². The second-order valence-electron chi connectivity index (χ2n) is 5.01. The highest BCUT2D eigenvalue weighted by molar-refractivity contribution is 5.93. The van der Waals surface area contributed by atoms with Gasteiger partial charge in [0.2, 0.25) is 0 Å². The normalized spacial score (nSPS) is 15.3. The fourth-order valence-corrected chi connectivity index (χ4v) is 2.46. The molecule has 1 fully saturated rings. The summed E-state index contributed by atoms with van der Waals surface area (Å²) in [6.07, 6.45) is 0. The maximum atomic E-state index is 12.9. The zero-order valence-electron chi connectivity index (χ0n) is 11.7. The molecule has 6 nitrogen and oxygen atoms in total. The number of amides is 1. The summed E-state index contributed by atoms with van der Waals surface area (Å²) in [4.78, 5) is 16.2. The van der Waals surface area contributed by atoms with Crippen molar-refractivity contribution in [1.29, 1.82) is 0 Å². The number of carbonyl (C=O) groups excluding carboxylic acids is 1. The molecule has 1 aromatic carbocycles. The molecule has 0 saturated carbocycles. The van der Waals surface area contributed by atoms with Gasteiger partial charge in [-0.3, -0.25) is 4.79 Å². The minimum Gasteiger partial charge on any atom is -0.368 e. The molecule has 1 aromatic heterocycles. The monoisotopic (exact) mass is 289 g/mol. The average Bonchev–Trinajstić information content (AvgIpc) is 2.94. The molecule has 0 radical (unpaired) electrons. The number of nitrogens with zero attached hydrogens (tertiary/aromatic N) is 4. The highest BCUT2D eigenvalue weighted by Gasteiger charge is 2.25. The van der Waals surface area contributed by atoms with Gasteiger partial charge in [-0.15, -0.1) is 0 Å². The van der Waals surface area contributed by atoms with Crippen LogP contribution in [0.5, 0.6) is 0 Å². The van der Waals surface area contributed by atoms with Crippen molar-refractivity contribution in [2.24, 2.45) is 0 Å². The third-order valence-corrected chi connectivity index (χ3v) is 3.68. The van der Waals surface area contributed by atoms with Crippen molar-refractivity contribution in [1.82, 2.24) is 20.3 Å². The average molecular weight is 289 g/mol. The van der Waals surface area contributed by atoms with Crippen molar-refractivity contribution in [3.05, 3.63) is 41.5 Å². The molecule has 7 heteroatoms. The molecule has 1 aliphatic heterocycles. The first-order valence-corrected chi connectivity index (χ1v) is 6.82. The van der Waals surface area contributed by atoms with Crippen molar-refractivity contribution < 1.29 is 9.18 Å². The fraction of sp³-hybridized carbons (Fsp3) is 0.357. The molecule has 1 N–H and O–H groups in total. The maximum absolute atomic E-state index is 12.9. The number of nitrogens with one attached hydrogen (secondary N) is 1. The third kappa shape index (κ3) is 2.72. The lowest BCUT2D eigenvalue weighted by Gasteiger charge is -2.35. The molecule has 110 valence electrons. The number of H-pyrrole nitrogens is 1. The van der Waals surface area contributed by atoms with Gasteiger partial charge in [0.25, 0.3) is 5.91 Å². The molecule has 2 aromatic rings. The summed E-state index contributed by atoms with van der Waals surface area (Å²) in [7, 11) is 0. The second-order valence-corrected chi connectivity index (χ2v) is 5.01. The van der Waals surface area contributed by atoms with E-state index >= 15 is 0 Å². The van der Waals surface area contributed by atoms with E-state index in [1.807, 2.05) is 0 Å². The molecule has 0 atom stereocenters. The van der Waals surface area contributed by atoms with Crippen molar-refractivity contribution in [3.8, 4) is 0 Å². The van der Waals surface area contributed by atoms with E-state index in [2.05, 4.69) is 20.3 Å². The zero-order chi connectivity index (χ0) is 14.8. The Kier molecular flexibility index (Phi) is 3.55. The standard InChI is InChI=1S/C14H16FN5O/c1-10-13(17-18-16-10)14(21)20-8-6-19(7-9-20)12-4-2-11(15)3-5-12/h2-5H,6-9H2,1H3,(H,16,17,18).